The number of rotatable bonds is 3. The van der Waals surface area contributed by atoms with Crippen LogP contribution in [0.25, 0.3) is 0 Å². The van der Waals surface area contributed by atoms with E-state index in [0.29, 0.717) is 0 Å². The number of hydrogen-bond donors (Lipinski definition) is 2. The van der Waals surface area contributed by atoms with Gasteiger partial charge in [0.1, 0.15) is 0 Å². The zero-order valence-corrected chi connectivity index (χ0v) is 9.41. The fraction of sp³-hybridized carbons (Fsp3) is 0.300. The fourth-order valence-corrected chi connectivity index (χ4v) is 1.66. The summed E-state index contributed by atoms with van der Waals surface area (Å²) in [6, 6.07) is 7.38. The Morgan fingerprint density at radius 3 is 2.79 bits per heavy atom. The van der Waals surface area contributed by atoms with Crippen LogP contribution >= 0.6 is 15.9 Å². The van der Waals surface area contributed by atoms with Gasteiger partial charge in [0, 0.05) is 10.0 Å². The summed E-state index contributed by atoms with van der Waals surface area (Å²) in [5.74, 6) is -0.894. The zero-order valence-electron chi connectivity index (χ0n) is 7.83. The zero-order chi connectivity index (χ0) is 10.8. The second kappa shape index (κ2) is 4.11. The molecule has 0 fully saturated rings. The summed E-state index contributed by atoms with van der Waals surface area (Å²) in [4.78, 5) is 10.6. The topological polar surface area (TPSA) is 63.3 Å². The van der Waals surface area contributed by atoms with Crippen LogP contribution < -0.4 is 5.73 Å². The SMILES string of the molecule is CC(N)(CC(=O)O)c1cccc(Br)c1. The fourth-order valence-electron chi connectivity index (χ4n) is 1.26. The summed E-state index contributed by atoms with van der Waals surface area (Å²) < 4.78 is 0.900. The van der Waals surface area contributed by atoms with E-state index in [1.807, 2.05) is 24.3 Å². The normalized spacial score (nSPS) is 14.8. The second-order valence-corrected chi connectivity index (χ2v) is 4.41. The van der Waals surface area contributed by atoms with Crippen molar-refractivity contribution < 1.29 is 9.90 Å². The first-order valence-corrected chi connectivity index (χ1v) is 4.98. The highest BCUT2D eigenvalue weighted by Crippen LogP contribution is 2.24. The van der Waals surface area contributed by atoms with Gasteiger partial charge >= 0.3 is 5.97 Å². The molecule has 4 heteroatoms. The van der Waals surface area contributed by atoms with Crippen molar-refractivity contribution in [2.75, 3.05) is 0 Å². The lowest BCUT2D eigenvalue weighted by Gasteiger charge is -2.23. The average molecular weight is 258 g/mol. The monoisotopic (exact) mass is 257 g/mol. The van der Waals surface area contributed by atoms with Gasteiger partial charge in [0.2, 0.25) is 0 Å². The number of hydrogen-bond acceptors (Lipinski definition) is 2. The van der Waals surface area contributed by atoms with E-state index in [9.17, 15) is 4.79 Å². The Kier molecular flexibility index (Phi) is 3.29. The Morgan fingerprint density at radius 2 is 2.29 bits per heavy atom. The predicted molar refractivity (Wildman–Crippen MR) is 57.9 cm³/mol. The predicted octanol–water partition coefficient (Wildman–Crippen LogP) is 2.10. The third-order valence-corrected chi connectivity index (χ3v) is 2.50. The number of benzene rings is 1. The van der Waals surface area contributed by atoms with Crippen LogP contribution in [0.3, 0.4) is 0 Å². The Bertz CT molecular complexity index is 350. The van der Waals surface area contributed by atoms with E-state index in [1.54, 1.807) is 6.92 Å². The van der Waals surface area contributed by atoms with Crippen LogP contribution in [0.15, 0.2) is 28.7 Å². The van der Waals surface area contributed by atoms with Crippen molar-refractivity contribution in [3.05, 3.63) is 34.3 Å². The number of carboxylic acid groups (broad SMARTS) is 1. The Balaban J connectivity index is 2.97. The standard InChI is InChI=1S/C10H12BrNO2/c1-10(12,6-9(13)14)7-3-2-4-8(11)5-7/h2-5H,6,12H2,1H3,(H,13,14). The molecule has 0 spiro atoms. The molecule has 0 saturated heterocycles. The summed E-state index contributed by atoms with van der Waals surface area (Å²) in [7, 11) is 0. The van der Waals surface area contributed by atoms with Crippen molar-refractivity contribution in [2.45, 2.75) is 18.9 Å². The molecule has 0 bridgehead atoms. The molecule has 1 unspecified atom stereocenters. The van der Waals surface area contributed by atoms with Gasteiger partial charge in [0.15, 0.2) is 0 Å². The van der Waals surface area contributed by atoms with Crippen LogP contribution in [0.2, 0.25) is 0 Å². The molecule has 1 rings (SSSR count). The summed E-state index contributed by atoms with van der Waals surface area (Å²) >= 11 is 3.32. The molecule has 1 aromatic rings. The molecule has 0 saturated carbocycles. The molecule has 0 aliphatic carbocycles. The van der Waals surface area contributed by atoms with Crippen molar-refractivity contribution in [3.8, 4) is 0 Å². The molecule has 1 aromatic carbocycles. The highest BCUT2D eigenvalue weighted by atomic mass is 79.9. The lowest BCUT2D eigenvalue weighted by Crippen LogP contribution is -2.35. The van der Waals surface area contributed by atoms with E-state index >= 15 is 0 Å². The number of carboxylic acids is 1. The second-order valence-electron chi connectivity index (χ2n) is 3.50. The molecule has 0 amide bonds. The van der Waals surface area contributed by atoms with E-state index in [0.717, 1.165) is 10.0 Å². The molecule has 0 heterocycles. The molecule has 14 heavy (non-hydrogen) atoms. The summed E-state index contributed by atoms with van der Waals surface area (Å²) in [5.41, 5.74) is 5.90. The molecule has 0 aliphatic heterocycles. The van der Waals surface area contributed by atoms with Crippen LogP contribution in [0.1, 0.15) is 18.9 Å². The molecule has 76 valence electrons. The minimum absolute atomic E-state index is 0.0799. The largest absolute Gasteiger partial charge is 0.481 e. The number of carbonyl (C=O) groups is 1. The maximum atomic E-state index is 10.6. The van der Waals surface area contributed by atoms with Gasteiger partial charge in [-0.1, -0.05) is 28.1 Å². The number of aliphatic carboxylic acids is 1. The van der Waals surface area contributed by atoms with E-state index in [4.69, 9.17) is 10.8 Å². The van der Waals surface area contributed by atoms with E-state index < -0.39 is 11.5 Å². The number of nitrogens with two attached hydrogens (primary N) is 1. The van der Waals surface area contributed by atoms with Gasteiger partial charge in [-0.3, -0.25) is 4.79 Å². The molecular weight excluding hydrogens is 246 g/mol. The lowest BCUT2D eigenvalue weighted by atomic mass is 9.90. The first kappa shape index (κ1) is 11.2. The van der Waals surface area contributed by atoms with Gasteiger partial charge in [-0.15, -0.1) is 0 Å². The van der Waals surface area contributed by atoms with E-state index in [2.05, 4.69) is 15.9 Å². The highest BCUT2D eigenvalue weighted by Gasteiger charge is 2.24. The lowest BCUT2D eigenvalue weighted by molar-refractivity contribution is -0.138. The Hall–Kier alpha value is -0.870. The van der Waals surface area contributed by atoms with Crippen LogP contribution in [0.5, 0.6) is 0 Å². The molecule has 0 aliphatic rings. The first-order chi connectivity index (χ1) is 6.42. The van der Waals surface area contributed by atoms with Crippen molar-refractivity contribution in [3.63, 3.8) is 0 Å². The third kappa shape index (κ3) is 2.82. The van der Waals surface area contributed by atoms with Crippen LogP contribution in [0, 0.1) is 0 Å². The van der Waals surface area contributed by atoms with Crippen LogP contribution in [0.4, 0.5) is 0 Å². The van der Waals surface area contributed by atoms with Gasteiger partial charge in [-0.25, -0.2) is 0 Å². The maximum absolute atomic E-state index is 10.6. The summed E-state index contributed by atoms with van der Waals surface area (Å²) in [5, 5.41) is 8.69. The molecule has 0 aromatic heterocycles. The Labute approximate surface area is 91.1 Å². The van der Waals surface area contributed by atoms with Crippen molar-refractivity contribution >= 4 is 21.9 Å². The minimum atomic E-state index is -0.894. The smallest absolute Gasteiger partial charge is 0.305 e. The molecule has 1 atom stereocenters. The molecule has 3 N–H and O–H groups in total. The van der Waals surface area contributed by atoms with Gasteiger partial charge in [-0.2, -0.15) is 0 Å². The van der Waals surface area contributed by atoms with Gasteiger partial charge < -0.3 is 10.8 Å². The van der Waals surface area contributed by atoms with Gasteiger partial charge in [-0.05, 0) is 24.6 Å². The highest BCUT2D eigenvalue weighted by molar-refractivity contribution is 9.10. The molecular formula is C10H12BrNO2. The average Bonchev–Trinajstić information content (AvgIpc) is 2.01. The minimum Gasteiger partial charge on any atom is -0.481 e. The summed E-state index contributed by atoms with van der Waals surface area (Å²) in [6.07, 6.45) is -0.0799. The van der Waals surface area contributed by atoms with Crippen LogP contribution in [-0.2, 0) is 10.3 Å². The van der Waals surface area contributed by atoms with E-state index in [-0.39, 0.29) is 6.42 Å². The van der Waals surface area contributed by atoms with Crippen molar-refractivity contribution in [1.82, 2.24) is 0 Å². The van der Waals surface area contributed by atoms with E-state index in [1.165, 1.54) is 0 Å². The van der Waals surface area contributed by atoms with Crippen LogP contribution in [-0.4, -0.2) is 11.1 Å². The first-order valence-electron chi connectivity index (χ1n) is 4.18. The summed E-state index contributed by atoms with van der Waals surface area (Å²) in [6.45, 7) is 1.71. The van der Waals surface area contributed by atoms with Gasteiger partial charge in [0.05, 0.1) is 6.42 Å². The number of halogens is 1. The molecule has 0 radical (unpaired) electrons. The quantitative estimate of drug-likeness (QED) is 0.872. The van der Waals surface area contributed by atoms with Crippen molar-refractivity contribution in [2.24, 2.45) is 5.73 Å². The van der Waals surface area contributed by atoms with Gasteiger partial charge in [0.25, 0.3) is 0 Å². The third-order valence-electron chi connectivity index (χ3n) is 2.00. The van der Waals surface area contributed by atoms with Crippen molar-refractivity contribution in [1.29, 1.82) is 0 Å². The maximum Gasteiger partial charge on any atom is 0.305 e. The molecule has 3 nitrogen and oxygen atoms in total. The Morgan fingerprint density at radius 1 is 1.64 bits per heavy atom.